The van der Waals surface area contributed by atoms with Gasteiger partial charge in [0.05, 0.1) is 12.3 Å². The maximum atomic E-state index is 11.3. The zero-order chi connectivity index (χ0) is 17.6. The van der Waals surface area contributed by atoms with E-state index in [4.69, 9.17) is 4.74 Å². The van der Waals surface area contributed by atoms with Crippen LogP contribution in [0.25, 0.3) is 11.3 Å². The van der Waals surface area contributed by atoms with Crippen LogP contribution in [0.4, 0.5) is 5.69 Å². The molecule has 1 atom stereocenters. The number of aromatic nitrogens is 2. The number of piperidine rings is 1. The molecule has 1 unspecified atom stereocenters. The van der Waals surface area contributed by atoms with Crippen molar-refractivity contribution >= 4 is 11.6 Å². The van der Waals surface area contributed by atoms with Crippen LogP contribution < -0.4 is 15.4 Å². The molecule has 0 saturated carbocycles. The number of nitrogens with zero attached hydrogens (tertiary/aromatic N) is 2. The molecule has 6 nitrogen and oxygen atoms in total. The third kappa shape index (κ3) is 4.60. The van der Waals surface area contributed by atoms with E-state index < -0.39 is 0 Å². The SMILES string of the molecule is CC(=O)Nc1ccc(OCCC2CCCCN2)c(-c2ccnn2C)c1. The summed E-state index contributed by atoms with van der Waals surface area (Å²) in [6.07, 6.45) is 6.55. The summed E-state index contributed by atoms with van der Waals surface area (Å²) in [6.45, 7) is 3.28. The summed E-state index contributed by atoms with van der Waals surface area (Å²) >= 11 is 0. The van der Waals surface area contributed by atoms with Crippen molar-refractivity contribution in [2.45, 2.75) is 38.6 Å². The molecule has 2 aromatic rings. The molecule has 0 spiro atoms. The van der Waals surface area contributed by atoms with Gasteiger partial charge in [-0.3, -0.25) is 9.48 Å². The molecule has 0 radical (unpaired) electrons. The first-order chi connectivity index (χ1) is 12.1. The third-order valence-corrected chi connectivity index (χ3v) is 4.53. The van der Waals surface area contributed by atoms with Gasteiger partial charge in [-0.1, -0.05) is 6.42 Å². The van der Waals surface area contributed by atoms with Crippen molar-refractivity contribution in [3.8, 4) is 17.0 Å². The van der Waals surface area contributed by atoms with Crippen LogP contribution >= 0.6 is 0 Å². The van der Waals surface area contributed by atoms with Gasteiger partial charge >= 0.3 is 0 Å². The number of nitrogens with one attached hydrogen (secondary N) is 2. The minimum absolute atomic E-state index is 0.0898. The number of hydrogen-bond acceptors (Lipinski definition) is 4. The summed E-state index contributed by atoms with van der Waals surface area (Å²) in [5.74, 6) is 0.724. The maximum absolute atomic E-state index is 11.3. The van der Waals surface area contributed by atoms with Crippen LogP contribution in [0.2, 0.25) is 0 Å². The lowest BCUT2D eigenvalue weighted by atomic mass is 10.0. The Morgan fingerprint density at radius 2 is 2.28 bits per heavy atom. The maximum Gasteiger partial charge on any atom is 0.221 e. The van der Waals surface area contributed by atoms with E-state index in [1.165, 1.54) is 26.2 Å². The van der Waals surface area contributed by atoms with Gasteiger partial charge in [0.2, 0.25) is 5.91 Å². The highest BCUT2D eigenvalue weighted by Gasteiger charge is 2.15. The molecule has 1 aromatic carbocycles. The highest BCUT2D eigenvalue weighted by atomic mass is 16.5. The number of amides is 1. The summed E-state index contributed by atoms with van der Waals surface area (Å²) in [5.41, 5.74) is 2.64. The fraction of sp³-hybridized carbons (Fsp3) is 0.474. The smallest absolute Gasteiger partial charge is 0.221 e. The van der Waals surface area contributed by atoms with E-state index in [1.807, 2.05) is 36.0 Å². The highest BCUT2D eigenvalue weighted by molar-refractivity contribution is 5.90. The average molecular weight is 342 g/mol. The van der Waals surface area contributed by atoms with Gasteiger partial charge in [0.1, 0.15) is 5.75 Å². The van der Waals surface area contributed by atoms with Gasteiger partial charge in [0.25, 0.3) is 0 Å². The number of carbonyl (C=O) groups excluding carboxylic acids is 1. The normalized spacial score (nSPS) is 17.3. The molecule has 1 fully saturated rings. The van der Waals surface area contributed by atoms with Crippen molar-refractivity contribution in [1.82, 2.24) is 15.1 Å². The second kappa shape index (κ2) is 8.16. The number of benzene rings is 1. The van der Waals surface area contributed by atoms with Gasteiger partial charge in [-0.2, -0.15) is 5.10 Å². The lowest BCUT2D eigenvalue weighted by Crippen LogP contribution is -2.35. The quantitative estimate of drug-likeness (QED) is 0.847. The van der Waals surface area contributed by atoms with Gasteiger partial charge in [-0.25, -0.2) is 0 Å². The number of hydrogen-bond donors (Lipinski definition) is 2. The Morgan fingerprint density at radius 1 is 1.40 bits per heavy atom. The molecule has 3 rings (SSSR count). The predicted molar refractivity (Wildman–Crippen MR) is 98.7 cm³/mol. The Kier molecular flexibility index (Phi) is 5.71. The van der Waals surface area contributed by atoms with Gasteiger partial charge in [0, 0.05) is 37.5 Å². The monoisotopic (exact) mass is 342 g/mol. The van der Waals surface area contributed by atoms with Gasteiger partial charge in [0.15, 0.2) is 0 Å². The number of aryl methyl sites for hydroxylation is 1. The van der Waals surface area contributed by atoms with Crippen LogP contribution in [0.1, 0.15) is 32.6 Å². The van der Waals surface area contributed by atoms with Gasteiger partial charge in [-0.15, -0.1) is 0 Å². The van der Waals surface area contributed by atoms with Gasteiger partial charge in [-0.05, 0) is 50.1 Å². The zero-order valence-corrected chi connectivity index (χ0v) is 14.9. The minimum atomic E-state index is -0.0898. The second-order valence-electron chi connectivity index (χ2n) is 6.52. The summed E-state index contributed by atoms with van der Waals surface area (Å²) in [6, 6.07) is 8.22. The van der Waals surface area contributed by atoms with Crippen molar-refractivity contribution in [3.63, 3.8) is 0 Å². The lowest BCUT2D eigenvalue weighted by Gasteiger charge is -2.23. The summed E-state index contributed by atoms with van der Waals surface area (Å²) in [4.78, 5) is 11.3. The van der Waals surface area contributed by atoms with Crippen molar-refractivity contribution in [2.75, 3.05) is 18.5 Å². The number of anilines is 1. The van der Waals surface area contributed by atoms with Crippen LogP contribution in [0.15, 0.2) is 30.5 Å². The molecule has 1 aromatic heterocycles. The first-order valence-corrected chi connectivity index (χ1v) is 8.89. The van der Waals surface area contributed by atoms with Crippen molar-refractivity contribution in [2.24, 2.45) is 7.05 Å². The summed E-state index contributed by atoms with van der Waals surface area (Å²) in [5, 5.41) is 10.6. The number of carbonyl (C=O) groups is 1. The molecule has 2 N–H and O–H groups in total. The molecule has 6 heteroatoms. The molecule has 0 aliphatic carbocycles. The molecular formula is C19H26N4O2. The number of ether oxygens (including phenoxy) is 1. The predicted octanol–water partition coefficient (Wildman–Crippen LogP) is 2.96. The Bertz CT molecular complexity index is 720. The van der Waals surface area contributed by atoms with E-state index in [-0.39, 0.29) is 5.91 Å². The van der Waals surface area contributed by atoms with Crippen LogP contribution in [-0.4, -0.2) is 34.9 Å². The average Bonchev–Trinajstić information content (AvgIpc) is 3.02. The second-order valence-corrected chi connectivity index (χ2v) is 6.52. The van der Waals surface area contributed by atoms with Crippen LogP contribution in [-0.2, 0) is 11.8 Å². The highest BCUT2D eigenvalue weighted by Crippen LogP contribution is 2.32. The lowest BCUT2D eigenvalue weighted by molar-refractivity contribution is -0.114. The van der Waals surface area contributed by atoms with Crippen molar-refractivity contribution < 1.29 is 9.53 Å². The molecule has 1 aliphatic heterocycles. The standard InChI is InChI=1S/C19H26N4O2/c1-14(24)22-16-6-7-19(17(13-16)18-8-11-21-23(18)2)25-12-9-15-5-3-4-10-20-15/h6-8,11,13,15,20H,3-5,9-10,12H2,1-2H3,(H,22,24). The van der Waals surface area contributed by atoms with Crippen molar-refractivity contribution in [3.05, 3.63) is 30.5 Å². The van der Waals surface area contributed by atoms with E-state index in [0.717, 1.165) is 35.7 Å². The molecular weight excluding hydrogens is 316 g/mol. The van der Waals surface area contributed by atoms with Crippen LogP contribution in [0, 0.1) is 0 Å². The zero-order valence-electron chi connectivity index (χ0n) is 14.9. The molecule has 1 aliphatic rings. The first kappa shape index (κ1) is 17.5. The third-order valence-electron chi connectivity index (χ3n) is 4.53. The largest absolute Gasteiger partial charge is 0.493 e. The molecule has 2 heterocycles. The summed E-state index contributed by atoms with van der Waals surface area (Å²) in [7, 11) is 1.90. The topological polar surface area (TPSA) is 68.2 Å². The summed E-state index contributed by atoms with van der Waals surface area (Å²) < 4.78 is 7.89. The Hall–Kier alpha value is -2.34. The molecule has 0 bridgehead atoms. The van der Waals surface area contributed by atoms with E-state index in [0.29, 0.717) is 12.6 Å². The Labute approximate surface area is 148 Å². The van der Waals surface area contributed by atoms with E-state index in [2.05, 4.69) is 15.7 Å². The van der Waals surface area contributed by atoms with Crippen molar-refractivity contribution in [1.29, 1.82) is 0 Å². The molecule has 25 heavy (non-hydrogen) atoms. The van der Waals surface area contributed by atoms with Crippen LogP contribution in [0.5, 0.6) is 5.75 Å². The van der Waals surface area contributed by atoms with E-state index in [9.17, 15) is 4.79 Å². The van der Waals surface area contributed by atoms with E-state index in [1.54, 1.807) is 6.20 Å². The molecule has 134 valence electrons. The molecule has 1 saturated heterocycles. The molecule has 1 amide bonds. The fourth-order valence-electron chi connectivity index (χ4n) is 3.26. The fourth-order valence-corrected chi connectivity index (χ4v) is 3.26. The minimum Gasteiger partial charge on any atom is -0.493 e. The Balaban J connectivity index is 1.75. The van der Waals surface area contributed by atoms with E-state index >= 15 is 0 Å². The van der Waals surface area contributed by atoms with Crippen LogP contribution in [0.3, 0.4) is 0 Å². The van der Waals surface area contributed by atoms with Gasteiger partial charge < -0.3 is 15.4 Å². The number of rotatable bonds is 6. The first-order valence-electron chi connectivity index (χ1n) is 8.89. The Morgan fingerprint density at radius 3 is 2.96 bits per heavy atom.